The number of hydrogen-bond donors (Lipinski definition) is 0. The van der Waals surface area contributed by atoms with Gasteiger partial charge >= 0.3 is 0 Å². The number of amides is 1. The van der Waals surface area contributed by atoms with Crippen LogP contribution in [0.1, 0.15) is 36.8 Å². The van der Waals surface area contributed by atoms with Crippen LogP contribution < -0.4 is 0 Å². The van der Waals surface area contributed by atoms with E-state index in [-0.39, 0.29) is 11.3 Å². The van der Waals surface area contributed by atoms with E-state index >= 15 is 0 Å². The minimum Gasteiger partial charge on any atom is -0.384 e. The maximum absolute atomic E-state index is 12.4. The molecule has 0 radical (unpaired) electrons. The van der Waals surface area contributed by atoms with Crippen LogP contribution in [0.15, 0.2) is 30.8 Å². The monoisotopic (exact) mass is 342 g/mol. The molecule has 2 fully saturated rings. The van der Waals surface area contributed by atoms with E-state index in [1.807, 2.05) is 6.08 Å². The van der Waals surface area contributed by atoms with Crippen LogP contribution in [0.5, 0.6) is 0 Å². The standard InChI is InChI=1S/C21H30N2O2/c1-3-18-6-4-7-19(14-18)15-22-12-10-21(16-22)9-5-11-23(17-21)20(24)8-13-25-2/h3-4,6-7,14H,1,5,8-13,15-17H2,2H3/t21-/m1/s1. The van der Waals surface area contributed by atoms with Gasteiger partial charge in [0.2, 0.25) is 5.91 Å². The summed E-state index contributed by atoms with van der Waals surface area (Å²) >= 11 is 0. The van der Waals surface area contributed by atoms with Gasteiger partial charge in [-0.1, -0.05) is 36.9 Å². The van der Waals surface area contributed by atoms with Crippen molar-refractivity contribution < 1.29 is 9.53 Å². The minimum atomic E-state index is 0.248. The van der Waals surface area contributed by atoms with Crippen molar-refractivity contribution in [3.8, 4) is 0 Å². The number of carbonyl (C=O) groups excluding carboxylic acids is 1. The highest BCUT2D eigenvalue weighted by molar-refractivity contribution is 5.76. The Kier molecular flexibility index (Phi) is 5.92. The van der Waals surface area contributed by atoms with Gasteiger partial charge in [-0.05, 0) is 36.9 Å². The summed E-state index contributed by atoms with van der Waals surface area (Å²) in [5, 5.41) is 0. The summed E-state index contributed by atoms with van der Waals surface area (Å²) in [6, 6.07) is 8.61. The van der Waals surface area contributed by atoms with Gasteiger partial charge in [0.15, 0.2) is 0 Å². The van der Waals surface area contributed by atoms with Gasteiger partial charge < -0.3 is 9.64 Å². The second-order valence-electron chi connectivity index (χ2n) is 7.57. The fourth-order valence-corrected chi connectivity index (χ4v) is 4.34. The van der Waals surface area contributed by atoms with E-state index in [4.69, 9.17) is 4.74 Å². The summed E-state index contributed by atoms with van der Waals surface area (Å²) in [4.78, 5) is 17.0. The van der Waals surface area contributed by atoms with Crippen LogP contribution >= 0.6 is 0 Å². The topological polar surface area (TPSA) is 32.8 Å². The van der Waals surface area contributed by atoms with Gasteiger partial charge in [-0.25, -0.2) is 0 Å². The smallest absolute Gasteiger partial charge is 0.224 e. The fraction of sp³-hybridized carbons (Fsp3) is 0.571. The summed E-state index contributed by atoms with van der Waals surface area (Å²) < 4.78 is 5.06. The summed E-state index contributed by atoms with van der Waals surface area (Å²) in [6.45, 7) is 9.41. The third kappa shape index (κ3) is 4.50. The normalized spacial score (nSPS) is 24.0. The first-order valence-electron chi connectivity index (χ1n) is 9.35. The highest BCUT2D eigenvalue weighted by Gasteiger charge is 2.42. The number of hydrogen-bond acceptors (Lipinski definition) is 3. The van der Waals surface area contributed by atoms with Gasteiger partial charge in [-0.2, -0.15) is 0 Å². The Balaban J connectivity index is 1.58. The molecule has 0 bridgehead atoms. The molecule has 4 heteroatoms. The third-order valence-corrected chi connectivity index (χ3v) is 5.64. The molecule has 1 amide bonds. The zero-order chi connectivity index (χ0) is 17.7. The quantitative estimate of drug-likeness (QED) is 0.796. The molecule has 0 aromatic heterocycles. The molecule has 3 rings (SSSR count). The van der Waals surface area contributed by atoms with Crippen LogP contribution in [-0.4, -0.2) is 55.6 Å². The molecule has 136 valence electrons. The summed E-state index contributed by atoms with van der Waals surface area (Å²) in [5.74, 6) is 0.248. The molecule has 1 aromatic rings. The molecular weight excluding hydrogens is 312 g/mol. The molecule has 1 aromatic carbocycles. The zero-order valence-electron chi connectivity index (χ0n) is 15.4. The van der Waals surface area contributed by atoms with Crippen LogP contribution in [0, 0.1) is 5.41 Å². The molecule has 2 saturated heterocycles. The van der Waals surface area contributed by atoms with Crippen molar-refractivity contribution in [2.45, 2.75) is 32.2 Å². The van der Waals surface area contributed by atoms with E-state index in [1.165, 1.54) is 24.0 Å². The highest BCUT2D eigenvalue weighted by atomic mass is 16.5. The Bertz CT molecular complexity index is 616. The first kappa shape index (κ1) is 18.2. The van der Waals surface area contributed by atoms with Crippen molar-refractivity contribution in [2.24, 2.45) is 5.41 Å². The average molecular weight is 342 g/mol. The first-order chi connectivity index (χ1) is 12.1. The van der Waals surface area contributed by atoms with Crippen molar-refractivity contribution in [3.05, 3.63) is 42.0 Å². The SMILES string of the molecule is C=Cc1cccc(CN2CC[C@]3(CCCN(C(=O)CCOC)C3)C2)c1. The van der Waals surface area contributed by atoms with Crippen LogP contribution in [0.3, 0.4) is 0 Å². The van der Waals surface area contributed by atoms with Gasteiger partial charge in [0.25, 0.3) is 0 Å². The molecular formula is C21H30N2O2. The second-order valence-corrected chi connectivity index (χ2v) is 7.57. The molecule has 0 aliphatic carbocycles. The Morgan fingerprint density at radius 3 is 3.00 bits per heavy atom. The lowest BCUT2D eigenvalue weighted by atomic mass is 9.79. The lowest BCUT2D eigenvalue weighted by Crippen LogP contribution is -2.47. The number of ether oxygens (including phenoxy) is 1. The maximum Gasteiger partial charge on any atom is 0.224 e. The molecule has 0 N–H and O–H groups in total. The molecule has 0 saturated carbocycles. The maximum atomic E-state index is 12.4. The number of piperidine rings is 1. The Labute approximate surface area is 151 Å². The zero-order valence-corrected chi connectivity index (χ0v) is 15.4. The minimum absolute atomic E-state index is 0.248. The van der Waals surface area contributed by atoms with Gasteiger partial charge in [0.05, 0.1) is 13.0 Å². The molecule has 2 heterocycles. The second kappa shape index (κ2) is 8.15. The highest BCUT2D eigenvalue weighted by Crippen LogP contribution is 2.39. The average Bonchev–Trinajstić information content (AvgIpc) is 3.01. The largest absolute Gasteiger partial charge is 0.384 e. The van der Waals surface area contributed by atoms with Crippen LogP contribution in [0.25, 0.3) is 6.08 Å². The molecule has 1 atom stereocenters. The van der Waals surface area contributed by atoms with E-state index in [1.54, 1.807) is 7.11 Å². The molecule has 2 aliphatic heterocycles. The molecule has 4 nitrogen and oxygen atoms in total. The number of nitrogens with zero attached hydrogens (tertiary/aromatic N) is 2. The lowest BCUT2D eigenvalue weighted by Gasteiger charge is -2.40. The van der Waals surface area contributed by atoms with Gasteiger partial charge in [0, 0.05) is 38.7 Å². The van der Waals surface area contributed by atoms with Gasteiger partial charge in [-0.3, -0.25) is 9.69 Å². The number of likely N-dealkylation sites (tertiary alicyclic amines) is 2. The van der Waals surface area contributed by atoms with Crippen molar-refractivity contribution >= 4 is 12.0 Å². The Morgan fingerprint density at radius 2 is 2.20 bits per heavy atom. The number of rotatable bonds is 6. The van der Waals surface area contributed by atoms with Gasteiger partial charge in [-0.15, -0.1) is 0 Å². The predicted octanol–water partition coefficient (Wildman–Crippen LogP) is 3.18. The van der Waals surface area contributed by atoms with Crippen molar-refractivity contribution in [2.75, 3.05) is 39.9 Å². The Morgan fingerprint density at radius 1 is 1.32 bits per heavy atom. The van der Waals surface area contributed by atoms with Crippen LogP contribution in [-0.2, 0) is 16.1 Å². The number of benzene rings is 1. The molecule has 0 unspecified atom stereocenters. The van der Waals surface area contributed by atoms with Crippen LogP contribution in [0.2, 0.25) is 0 Å². The summed E-state index contributed by atoms with van der Waals surface area (Å²) in [6.07, 6.45) is 5.97. The van der Waals surface area contributed by atoms with Crippen molar-refractivity contribution in [1.82, 2.24) is 9.80 Å². The molecule has 2 aliphatic rings. The number of carbonyl (C=O) groups is 1. The molecule has 25 heavy (non-hydrogen) atoms. The van der Waals surface area contributed by atoms with Crippen LogP contribution in [0.4, 0.5) is 0 Å². The molecule has 1 spiro atoms. The Hall–Kier alpha value is -1.65. The van der Waals surface area contributed by atoms with E-state index < -0.39 is 0 Å². The number of methoxy groups -OCH3 is 1. The van der Waals surface area contributed by atoms with Crippen molar-refractivity contribution in [1.29, 1.82) is 0 Å². The van der Waals surface area contributed by atoms with Crippen molar-refractivity contribution in [3.63, 3.8) is 0 Å². The first-order valence-corrected chi connectivity index (χ1v) is 9.35. The van der Waals surface area contributed by atoms with Gasteiger partial charge in [0.1, 0.15) is 0 Å². The van der Waals surface area contributed by atoms with E-state index in [9.17, 15) is 4.79 Å². The predicted molar refractivity (Wildman–Crippen MR) is 101 cm³/mol. The van der Waals surface area contributed by atoms with E-state index in [0.29, 0.717) is 13.0 Å². The third-order valence-electron chi connectivity index (χ3n) is 5.64. The van der Waals surface area contributed by atoms with E-state index in [0.717, 1.165) is 39.1 Å². The summed E-state index contributed by atoms with van der Waals surface area (Å²) in [7, 11) is 1.65. The summed E-state index contributed by atoms with van der Waals surface area (Å²) in [5.41, 5.74) is 2.81. The fourth-order valence-electron chi connectivity index (χ4n) is 4.34. The lowest BCUT2D eigenvalue weighted by molar-refractivity contribution is -0.135. The van der Waals surface area contributed by atoms with E-state index in [2.05, 4.69) is 40.6 Å².